The summed E-state index contributed by atoms with van der Waals surface area (Å²) >= 11 is 1.50. The molecular formula is C17H19NO3S. The Morgan fingerprint density at radius 2 is 1.64 bits per heavy atom. The number of aryl methyl sites for hydroxylation is 1. The fraction of sp³-hybridized carbons (Fsp3) is 0.235. The highest BCUT2D eigenvalue weighted by Crippen LogP contribution is 2.26. The predicted octanol–water partition coefficient (Wildman–Crippen LogP) is 3.74. The first kappa shape index (κ1) is 16.2. The van der Waals surface area contributed by atoms with E-state index in [0.29, 0.717) is 22.9 Å². The highest BCUT2D eigenvalue weighted by atomic mass is 32.2. The molecule has 0 aliphatic rings. The molecule has 22 heavy (non-hydrogen) atoms. The van der Waals surface area contributed by atoms with Crippen LogP contribution in [0.15, 0.2) is 47.4 Å². The third-order valence-electron chi connectivity index (χ3n) is 3.03. The molecule has 2 aromatic carbocycles. The van der Waals surface area contributed by atoms with Crippen LogP contribution in [0.2, 0.25) is 0 Å². The van der Waals surface area contributed by atoms with Crippen LogP contribution in [-0.4, -0.2) is 25.9 Å². The molecule has 0 aliphatic heterocycles. The average molecular weight is 317 g/mol. The van der Waals surface area contributed by atoms with Gasteiger partial charge in [-0.05, 0) is 19.1 Å². The molecule has 2 aromatic rings. The van der Waals surface area contributed by atoms with Crippen LogP contribution in [0, 0.1) is 6.92 Å². The molecule has 0 aliphatic carbocycles. The van der Waals surface area contributed by atoms with Crippen molar-refractivity contribution in [1.29, 1.82) is 0 Å². The van der Waals surface area contributed by atoms with Crippen molar-refractivity contribution in [3.05, 3.63) is 48.0 Å². The van der Waals surface area contributed by atoms with Crippen LogP contribution in [-0.2, 0) is 4.79 Å². The van der Waals surface area contributed by atoms with Crippen LogP contribution in [0.25, 0.3) is 0 Å². The number of ether oxygens (including phenoxy) is 2. The number of anilines is 1. The van der Waals surface area contributed by atoms with Gasteiger partial charge >= 0.3 is 0 Å². The van der Waals surface area contributed by atoms with E-state index in [-0.39, 0.29) is 5.91 Å². The molecule has 0 radical (unpaired) electrons. The molecule has 0 saturated heterocycles. The topological polar surface area (TPSA) is 47.6 Å². The van der Waals surface area contributed by atoms with E-state index in [0.717, 1.165) is 4.90 Å². The summed E-state index contributed by atoms with van der Waals surface area (Å²) in [5, 5.41) is 2.85. The van der Waals surface area contributed by atoms with Crippen LogP contribution in [0.5, 0.6) is 11.5 Å². The Bertz CT molecular complexity index is 619. The molecule has 0 saturated carbocycles. The third kappa shape index (κ3) is 4.70. The lowest BCUT2D eigenvalue weighted by Crippen LogP contribution is -2.14. The van der Waals surface area contributed by atoms with Crippen LogP contribution >= 0.6 is 11.8 Å². The Hall–Kier alpha value is -2.14. The lowest BCUT2D eigenvalue weighted by Gasteiger charge is -2.10. The maximum Gasteiger partial charge on any atom is 0.234 e. The van der Waals surface area contributed by atoms with Crippen molar-refractivity contribution in [1.82, 2.24) is 0 Å². The monoisotopic (exact) mass is 317 g/mol. The first-order valence-electron chi connectivity index (χ1n) is 6.83. The Kier molecular flexibility index (Phi) is 5.72. The fourth-order valence-corrected chi connectivity index (χ4v) is 2.56. The first-order chi connectivity index (χ1) is 10.6. The quantitative estimate of drug-likeness (QED) is 0.825. The maximum absolute atomic E-state index is 12.0. The fourth-order valence-electron chi connectivity index (χ4n) is 1.86. The molecule has 0 aromatic heterocycles. The summed E-state index contributed by atoms with van der Waals surface area (Å²) < 4.78 is 10.4. The minimum absolute atomic E-state index is 0.0686. The van der Waals surface area contributed by atoms with E-state index in [9.17, 15) is 4.79 Å². The van der Waals surface area contributed by atoms with Crippen molar-refractivity contribution < 1.29 is 14.3 Å². The molecule has 4 nitrogen and oxygen atoms in total. The van der Waals surface area contributed by atoms with E-state index in [1.54, 1.807) is 32.4 Å². The molecule has 0 atom stereocenters. The van der Waals surface area contributed by atoms with Crippen molar-refractivity contribution in [2.24, 2.45) is 0 Å². The van der Waals surface area contributed by atoms with Gasteiger partial charge in [0.2, 0.25) is 5.91 Å². The largest absolute Gasteiger partial charge is 0.497 e. The molecule has 1 amide bonds. The van der Waals surface area contributed by atoms with Crippen molar-refractivity contribution >= 4 is 23.4 Å². The molecule has 0 bridgehead atoms. The van der Waals surface area contributed by atoms with Gasteiger partial charge < -0.3 is 14.8 Å². The van der Waals surface area contributed by atoms with Crippen LogP contribution < -0.4 is 14.8 Å². The molecule has 0 heterocycles. The Morgan fingerprint density at radius 3 is 2.18 bits per heavy atom. The molecule has 2 rings (SSSR count). The second-order valence-corrected chi connectivity index (χ2v) is 5.80. The summed E-state index contributed by atoms with van der Waals surface area (Å²) in [6, 6.07) is 13.4. The van der Waals surface area contributed by atoms with Gasteiger partial charge in [0.1, 0.15) is 11.5 Å². The van der Waals surface area contributed by atoms with Gasteiger partial charge in [0.05, 0.1) is 20.0 Å². The molecule has 0 fully saturated rings. The van der Waals surface area contributed by atoms with Crippen molar-refractivity contribution in [3.8, 4) is 11.5 Å². The normalized spacial score (nSPS) is 10.1. The van der Waals surface area contributed by atoms with Crippen molar-refractivity contribution in [2.75, 3.05) is 25.3 Å². The highest BCUT2D eigenvalue weighted by Gasteiger charge is 2.07. The number of thioether (sulfide) groups is 1. The van der Waals surface area contributed by atoms with Gasteiger partial charge in [0.25, 0.3) is 0 Å². The van der Waals surface area contributed by atoms with Gasteiger partial charge in [-0.2, -0.15) is 0 Å². The van der Waals surface area contributed by atoms with Crippen molar-refractivity contribution in [2.45, 2.75) is 11.8 Å². The average Bonchev–Trinajstić information content (AvgIpc) is 2.54. The maximum atomic E-state index is 12.0. The van der Waals surface area contributed by atoms with Gasteiger partial charge in [0, 0.05) is 28.8 Å². The number of hydrogen-bond donors (Lipinski definition) is 1. The number of hydrogen-bond acceptors (Lipinski definition) is 4. The summed E-state index contributed by atoms with van der Waals surface area (Å²) in [5.74, 6) is 1.56. The number of carbonyl (C=O) groups is 1. The SMILES string of the molecule is COc1cc(NC(=O)CSc2ccc(C)cc2)cc(OC)c1. The zero-order valence-electron chi connectivity index (χ0n) is 12.9. The summed E-state index contributed by atoms with van der Waals surface area (Å²) in [7, 11) is 3.15. The zero-order chi connectivity index (χ0) is 15.9. The first-order valence-corrected chi connectivity index (χ1v) is 7.81. The number of rotatable bonds is 6. The molecular weight excluding hydrogens is 298 g/mol. The van der Waals surface area contributed by atoms with E-state index in [4.69, 9.17) is 9.47 Å². The summed E-state index contributed by atoms with van der Waals surface area (Å²) in [4.78, 5) is 13.1. The van der Waals surface area contributed by atoms with Crippen LogP contribution in [0.3, 0.4) is 0 Å². The smallest absolute Gasteiger partial charge is 0.234 e. The molecule has 116 valence electrons. The Morgan fingerprint density at radius 1 is 1.05 bits per heavy atom. The number of benzene rings is 2. The third-order valence-corrected chi connectivity index (χ3v) is 4.04. The van der Waals surface area contributed by atoms with Gasteiger partial charge in [-0.1, -0.05) is 17.7 Å². The van der Waals surface area contributed by atoms with E-state index in [2.05, 4.69) is 5.32 Å². The van der Waals surface area contributed by atoms with Gasteiger partial charge in [-0.3, -0.25) is 4.79 Å². The second kappa shape index (κ2) is 7.75. The van der Waals surface area contributed by atoms with Crippen LogP contribution in [0.4, 0.5) is 5.69 Å². The number of methoxy groups -OCH3 is 2. The number of amides is 1. The van der Waals surface area contributed by atoms with Crippen molar-refractivity contribution in [3.63, 3.8) is 0 Å². The standard InChI is InChI=1S/C17H19NO3S/c1-12-4-6-16(7-5-12)22-11-17(19)18-13-8-14(20-2)10-15(9-13)21-3/h4-10H,11H2,1-3H3,(H,18,19). The lowest BCUT2D eigenvalue weighted by atomic mass is 10.2. The highest BCUT2D eigenvalue weighted by molar-refractivity contribution is 8.00. The van der Waals surface area contributed by atoms with E-state index < -0.39 is 0 Å². The summed E-state index contributed by atoms with van der Waals surface area (Å²) in [6.45, 7) is 2.04. The molecule has 0 spiro atoms. The van der Waals surface area contributed by atoms with Gasteiger partial charge in [-0.15, -0.1) is 11.8 Å². The minimum Gasteiger partial charge on any atom is -0.497 e. The Balaban J connectivity index is 1.95. The summed E-state index contributed by atoms with van der Waals surface area (Å²) in [5.41, 5.74) is 1.86. The zero-order valence-corrected chi connectivity index (χ0v) is 13.7. The molecule has 1 N–H and O–H groups in total. The van der Waals surface area contributed by atoms with E-state index >= 15 is 0 Å². The van der Waals surface area contributed by atoms with Gasteiger partial charge in [0.15, 0.2) is 0 Å². The Labute approximate surface area is 134 Å². The minimum atomic E-state index is -0.0686. The molecule has 0 unspecified atom stereocenters. The van der Waals surface area contributed by atoms with E-state index in [1.165, 1.54) is 17.3 Å². The summed E-state index contributed by atoms with van der Waals surface area (Å²) in [6.07, 6.45) is 0. The lowest BCUT2D eigenvalue weighted by molar-refractivity contribution is -0.113. The second-order valence-electron chi connectivity index (χ2n) is 4.75. The van der Waals surface area contributed by atoms with Crippen LogP contribution in [0.1, 0.15) is 5.56 Å². The van der Waals surface area contributed by atoms with Gasteiger partial charge in [-0.25, -0.2) is 0 Å². The van der Waals surface area contributed by atoms with E-state index in [1.807, 2.05) is 31.2 Å². The number of carbonyl (C=O) groups excluding carboxylic acids is 1. The predicted molar refractivity (Wildman–Crippen MR) is 90.1 cm³/mol. The number of nitrogens with one attached hydrogen (secondary N) is 1. The molecule has 5 heteroatoms.